The van der Waals surface area contributed by atoms with Crippen molar-refractivity contribution in [2.45, 2.75) is 20.3 Å². The summed E-state index contributed by atoms with van der Waals surface area (Å²) in [6.07, 6.45) is 0.462. The number of aryl methyl sites for hydroxylation is 1. The van der Waals surface area contributed by atoms with E-state index in [1.807, 2.05) is 44.2 Å². The molecule has 1 aliphatic heterocycles. The fourth-order valence-electron chi connectivity index (χ4n) is 4.33. The van der Waals surface area contributed by atoms with Gasteiger partial charge in [-0.1, -0.05) is 30.7 Å². The van der Waals surface area contributed by atoms with Gasteiger partial charge < -0.3 is 14.5 Å². The first-order valence-corrected chi connectivity index (χ1v) is 12.1. The molecule has 1 N–H and O–H groups in total. The number of halogens is 1. The number of aromatic nitrogens is 3. The van der Waals surface area contributed by atoms with Gasteiger partial charge >= 0.3 is 6.09 Å². The monoisotopic (exact) mass is 491 g/mol. The number of amides is 2. The zero-order valence-corrected chi connectivity index (χ0v) is 20.4. The number of rotatable bonds is 4. The molecule has 2 aromatic carbocycles. The maximum atomic E-state index is 13.2. The minimum absolute atomic E-state index is 0.0905. The molecule has 1 aliphatic rings. The van der Waals surface area contributed by atoms with E-state index in [2.05, 4.69) is 10.2 Å². The lowest BCUT2D eigenvalue weighted by Gasteiger charge is -2.34. The van der Waals surface area contributed by atoms with Crippen LogP contribution in [0.5, 0.6) is 0 Å². The molecule has 180 valence electrons. The highest BCUT2D eigenvalue weighted by Gasteiger charge is 2.26. The summed E-state index contributed by atoms with van der Waals surface area (Å²) in [4.78, 5) is 33.5. The molecule has 0 bridgehead atoms. The Morgan fingerprint density at radius 1 is 1.03 bits per heavy atom. The molecule has 0 aliphatic carbocycles. The van der Waals surface area contributed by atoms with Crippen LogP contribution in [0.15, 0.2) is 42.5 Å². The van der Waals surface area contributed by atoms with E-state index >= 15 is 0 Å². The van der Waals surface area contributed by atoms with Gasteiger partial charge in [0, 0.05) is 48.1 Å². The van der Waals surface area contributed by atoms with E-state index in [0.717, 1.165) is 39.7 Å². The summed E-state index contributed by atoms with van der Waals surface area (Å²) in [5, 5.41) is 9.66. The Kier molecular flexibility index (Phi) is 6.30. The number of aromatic amines is 1. The van der Waals surface area contributed by atoms with E-state index in [-0.39, 0.29) is 12.0 Å². The Bertz CT molecular complexity index is 1430. The zero-order chi connectivity index (χ0) is 24.5. The van der Waals surface area contributed by atoms with E-state index in [4.69, 9.17) is 21.3 Å². The molecule has 0 spiro atoms. The van der Waals surface area contributed by atoms with Gasteiger partial charge in [0.15, 0.2) is 0 Å². The second-order valence-electron chi connectivity index (χ2n) is 8.68. The van der Waals surface area contributed by atoms with E-state index in [1.54, 1.807) is 21.9 Å². The van der Waals surface area contributed by atoms with Crippen LogP contribution in [0.3, 0.4) is 0 Å². The van der Waals surface area contributed by atoms with Crippen LogP contribution in [0.25, 0.3) is 33.1 Å². The molecule has 0 unspecified atom stereocenters. The van der Waals surface area contributed by atoms with E-state index < -0.39 is 0 Å². The number of hydrogen-bond donors (Lipinski definition) is 1. The van der Waals surface area contributed by atoms with Crippen LogP contribution in [0.4, 0.5) is 4.79 Å². The third-order valence-electron chi connectivity index (χ3n) is 6.31. The third-order valence-corrected chi connectivity index (χ3v) is 6.62. The molecule has 0 atom stereocenters. The summed E-state index contributed by atoms with van der Waals surface area (Å²) in [5.74, 6) is -0.0905. The van der Waals surface area contributed by atoms with Gasteiger partial charge in [0.1, 0.15) is 0 Å². The molecule has 2 aromatic heterocycles. The van der Waals surface area contributed by atoms with E-state index in [9.17, 15) is 9.59 Å². The first kappa shape index (κ1) is 23.1. The highest BCUT2D eigenvalue weighted by atomic mass is 35.5. The fourth-order valence-corrected chi connectivity index (χ4v) is 4.59. The molecule has 2 amide bonds. The Labute approximate surface area is 207 Å². The summed E-state index contributed by atoms with van der Waals surface area (Å²) in [5.41, 5.74) is 4.73. The van der Waals surface area contributed by atoms with Crippen molar-refractivity contribution >= 4 is 45.4 Å². The van der Waals surface area contributed by atoms with Crippen molar-refractivity contribution in [2.24, 2.45) is 0 Å². The van der Waals surface area contributed by atoms with Crippen molar-refractivity contribution in [2.75, 3.05) is 32.8 Å². The number of nitrogens with one attached hydrogen (secondary N) is 1. The first-order chi connectivity index (χ1) is 16.9. The number of pyridine rings is 1. The highest BCUT2D eigenvalue weighted by molar-refractivity contribution is 6.35. The lowest BCUT2D eigenvalue weighted by Crippen LogP contribution is -2.50. The third kappa shape index (κ3) is 4.53. The average Bonchev–Trinajstić information content (AvgIpc) is 3.26. The van der Waals surface area contributed by atoms with Gasteiger partial charge in [-0.05, 0) is 43.7 Å². The van der Waals surface area contributed by atoms with Crippen LogP contribution in [0, 0.1) is 6.92 Å². The summed E-state index contributed by atoms with van der Waals surface area (Å²) in [7, 11) is 0. The number of piperazine rings is 1. The lowest BCUT2D eigenvalue weighted by molar-refractivity contribution is 0.0560. The minimum Gasteiger partial charge on any atom is -0.449 e. The maximum absolute atomic E-state index is 13.2. The maximum Gasteiger partial charge on any atom is 0.409 e. The van der Waals surface area contributed by atoms with Crippen LogP contribution >= 0.6 is 11.6 Å². The van der Waals surface area contributed by atoms with Crippen molar-refractivity contribution in [1.82, 2.24) is 25.0 Å². The summed E-state index contributed by atoms with van der Waals surface area (Å²) >= 11 is 6.60. The largest absolute Gasteiger partial charge is 0.449 e. The van der Waals surface area contributed by atoms with Crippen LogP contribution < -0.4 is 0 Å². The fraction of sp³-hybridized carbons (Fsp3) is 0.308. The molecule has 1 saturated heterocycles. The topological polar surface area (TPSA) is 91.4 Å². The normalized spacial score (nSPS) is 14.0. The molecular formula is C26H26ClN5O3. The predicted molar refractivity (Wildman–Crippen MR) is 136 cm³/mol. The van der Waals surface area contributed by atoms with Gasteiger partial charge in [-0.15, -0.1) is 0 Å². The van der Waals surface area contributed by atoms with Gasteiger partial charge in [-0.2, -0.15) is 5.10 Å². The number of ether oxygens (including phenoxy) is 1. The minimum atomic E-state index is -0.320. The smallest absolute Gasteiger partial charge is 0.409 e. The van der Waals surface area contributed by atoms with Crippen LogP contribution in [-0.4, -0.2) is 69.8 Å². The van der Waals surface area contributed by atoms with Gasteiger partial charge in [0.05, 0.1) is 34.1 Å². The van der Waals surface area contributed by atoms with Crippen molar-refractivity contribution in [3.8, 4) is 11.3 Å². The standard InChI is InChI=1S/C26H26ClN5O3/c1-3-12-35-26(34)32-10-8-31(9-11-32)25(33)18-4-6-19-21(27)15-23(28-24(19)14-18)17-5-7-22-20(13-17)16(2)29-30-22/h4-7,13-15H,3,8-12H2,1-2H3,(H,29,30). The van der Waals surface area contributed by atoms with Gasteiger partial charge in [-0.3, -0.25) is 9.89 Å². The second kappa shape index (κ2) is 9.54. The molecule has 35 heavy (non-hydrogen) atoms. The van der Waals surface area contributed by atoms with Gasteiger partial charge in [0.25, 0.3) is 5.91 Å². The quantitative estimate of drug-likeness (QED) is 0.431. The number of carbonyl (C=O) groups excluding carboxylic acids is 2. The number of H-pyrrole nitrogens is 1. The number of fused-ring (bicyclic) bond motifs is 2. The first-order valence-electron chi connectivity index (χ1n) is 11.7. The number of benzene rings is 2. The lowest BCUT2D eigenvalue weighted by atomic mass is 10.0. The predicted octanol–water partition coefficient (Wildman–Crippen LogP) is 5.04. The summed E-state index contributed by atoms with van der Waals surface area (Å²) < 4.78 is 5.20. The molecule has 4 aromatic rings. The molecule has 0 saturated carbocycles. The van der Waals surface area contributed by atoms with Crippen LogP contribution in [0.1, 0.15) is 29.4 Å². The number of hydrogen-bond acceptors (Lipinski definition) is 5. The Hall–Kier alpha value is -3.65. The molecule has 1 fully saturated rings. The van der Waals surface area contributed by atoms with Crippen molar-refractivity contribution in [3.63, 3.8) is 0 Å². The highest BCUT2D eigenvalue weighted by Crippen LogP contribution is 2.31. The molecule has 5 rings (SSSR count). The Morgan fingerprint density at radius 2 is 1.80 bits per heavy atom. The van der Waals surface area contributed by atoms with Crippen LogP contribution in [-0.2, 0) is 4.74 Å². The Morgan fingerprint density at radius 3 is 2.57 bits per heavy atom. The molecule has 9 heteroatoms. The summed E-state index contributed by atoms with van der Waals surface area (Å²) in [6.45, 7) is 6.12. The van der Waals surface area contributed by atoms with Crippen LogP contribution in [0.2, 0.25) is 5.02 Å². The summed E-state index contributed by atoms with van der Waals surface area (Å²) in [6, 6.07) is 13.2. The molecule has 3 heterocycles. The second-order valence-corrected chi connectivity index (χ2v) is 9.09. The van der Waals surface area contributed by atoms with Crippen molar-refractivity contribution in [1.29, 1.82) is 0 Å². The average molecular weight is 492 g/mol. The van der Waals surface area contributed by atoms with E-state index in [1.165, 1.54) is 0 Å². The van der Waals surface area contributed by atoms with Crippen molar-refractivity contribution in [3.05, 3.63) is 58.7 Å². The van der Waals surface area contributed by atoms with Gasteiger partial charge in [0.2, 0.25) is 0 Å². The SMILES string of the molecule is CCCOC(=O)N1CCN(C(=O)c2ccc3c(Cl)cc(-c4ccc5[nH]nc(C)c5c4)nc3c2)CC1. The number of nitrogens with zero attached hydrogens (tertiary/aromatic N) is 4. The number of carbonyl (C=O) groups is 2. The van der Waals surface area contributed by atoms with Gasteiger partial charge in [-0.25, -0.2) is 9.78 Å². The Balaban J connectivity index is 1.38. The van der Waals surface area contributed by atoms with E-state index in [0.29, 0.717) is 48.9 Å². The zero-order valence-electron chi connectivity index (χ0n) is 19.7. The van der Waals surface area contributed by atoms with Crippen molar-refractivity contribution < 1.29 is 14.3 Å². The molecule has 0 radical (unpaired) electrons. The molecule has 8 nitrogen and oxygen atoms in total. The molecular weight excluding hydrogens is 466 g/mol.